The summed E-state index contributed by atoms with van der Waals surface area (Å²) in [6, 6.07) is 17.6. The lowest BCUT2D eigenvalue weighted by atomic mass is 10.1. The molecule has 39 heavy (non-hydrogen) atoms. The van der Waals surface area contributed by atoms with E-state index in [0.29, 0.717) is 43.4 Å². The van der Waals surface area contributed by atoms with Gasteiger partial charge in [-0.05, 0) is 42.5 Å². The smallest absolute Gasteiger partial charge is 0.246 e. The van der Waals surface area contributed by atoms with Crippen molar-refractivity contribution in [1.29, 1.82) is 0 Å². The van der Waals surface area contributed by atoms with Crippen molar-refractivity contribution < 1.29 is 19.0 Å². The van der Waals surface area contributed by atoms with Crippen LogP contribution in [0.2, 0.25) is 0 Å². The van der Waals surface area contributed by atoms with Gasteiger partial charge < -0.3 is 24.0 Å². The number of carbonyl (C=O) groups is 1. The SMILES string of the molecule is COc1ccc(N2CCN(C(=O)/C=C/c3cn(-c4ccccc4)nc3-c3ccncc3)CC2)c(OC)c1OC. The Morgan fingerprint density at radius 1 is 0.846 bits per heavy atom. The number of rotatable bonds is 8. The standard InChI is InChI=1S/C30H31N5O4/c1-37-26-11-10-25(29(38-2)30(26)39-3)33-17-19-34(20-18-33)27(36)12-9-23-21-35(24-7-5-4-6-8-24)32-28(23)22-13-15-31-16-14-22/h4-16,21H,17-20H2,1-3H3/b12-9+. The van der Waals surface area contributed by atoms with E-state index in [1.165, 1.54) is 0 Å². The number of nitrogens with zero attached hydrogens (tertiary/aromatic N) is 5. The first-order chi connectivity index (χ1) is 19.1. The predicted octanol–water partition coefficient (Wildman–Crippen LogP) is 4.32. The molecule has 9 heteroatoms. The topological polar surface area (TPSA) is 82.0 Å². The molecular weight excluding hydrogens is 494 g/mol. The molecule has 1 amide bonds. The lowest BCUT2D eigenvalue weighted by Gasteiger charge is -2.36. The molecule has 0 bridgehead atoms. The molecule has 0 saturated carbocycles. The van der Waals surface area contributed by atoms with Crippen LogP contribution in [0.1, 0.15) is 5.56 Å². The predicted molar refractivity (Wildman–Crippen MR) is 151 cm³/mol. The fourth-order valence-corrected chi connectivity index (χ4v) is 4.73. The fraction of sp³-hybridized carbons (Fsp3) is 0.233. The zero-order chi connectivity index (χ0) is 27.2. The Hall–Kier alpha value is -4.79. The van der Waals surface area contributed by atoms with Crippen LogP contribution in [0.4, 0.5) is 5.69 Å². The Labute approximate surface area is 227 Å². The van der Waals surface area contributed by atoms with Crippen molar-refractivity contribution in [2.45, 2.75) is 0 Å². The van der Waals surface area contributed by atoms with Gasteiger partial charge in [0.2, 0.25) is 11.7 Å². The molecule has 0 N–H and O–H groups in total. The summed E-state index contributed by atoms with van der Waals surface area (Å²) < 4.78 is 18.4. The number of para-hydroxylation sites is 1. The van der Waals surface area contributed by atoms with Gasteiger partial charge in [0.05, 0.1) is 32.7 Å². The maximum atomic E-state index is 13.2. The minimum absolute atomic E-state index is 0.0398. The van der Waals surface area contributed by atoms with Crippen LogP contribution in [0, 0.1) is 0 Å². The van der Waals surface area contributed by atoms with Gasteiger partial charge in [0.15, 0.2) is 11.5 Å². The van der Waals surface area contributed by atoms with Crippen LogP contribution < -0.4 is 19.1 Å². The number of aromatic nitrogens is 3. The molecular formula is C30H31N5O4. The summed E-state index contributed by atoms with van der Waals surface area (Å²) in [6.45, 7) is 2.50. The van der Waals surface area contributed by atoms with Crippen LogP contribution in [-0.2, 0) is 4.79 Å². The van der Waals surface area contributed by atoms with E-state index in [0.717, 1.165) is 28.2 Å². The first-order valence-electron chi connectivity index (χ1n) is 12.7. The number of piperazine rings is 1. The van der Waals surface area contributed by atoms with Crippen molar-refractivity contribution in [3.05, 3.63) is 84.8 Å². The highest BCUT2D eigenvalue weighted by Crippen LogP contribution is 2.44. The lowest BCUT2D eigenvalue weighted by Crippen LogP contribution is -2.48. The van der Waals surface area contributed by atoms with Crippen LogP contribution in [-0.4, -0.2) is 73.1 Å². The summed E-state index contributed by atoms with van der Waals surface area (Å²) in [4.78, 5) is 21.3. The Kier molecular flexibility index (Phi) is 7.77. The van der Waals surface area contributed by atoms with E-state index in [9.17, 15) is 4.79 Å². The first-order valence-corrected chi connectivity index (χ1v) is 12.7. The van der Waals surface area contributed by atoms with Crippen molar-refractivity contribution in [2.24, 2.45) is 0 Å². The highest BCUT2D eigenvalue weighted by atomic mass is 16.5. The average Bonchev–Trinajstić information content (AvgIpc) is 3.44. The van der Waals surface area contributed by atoms with Crippen LogP contribution in [0.3, 0.4) is 0 Å². The van der Waals surface area contributed by atoms with Crippen molar-refractivity contribution in [3.8, 4) is 34.2 Å². The second-order valence-corrected chi connectivity index (χ2v) is 8.95. The van der Waals surface area contributed by atoms with Gasteiger partial charge in [-0.15, -0.1) is 0 Å². The van der Waals surface area contributed by atoms with E-state index < -0.39 is 0 Å². The van der Waals surface area contributed by atoms with Gasteiger partial charge in [0.1, 0.15) is 5.69 Å². The second kappa shape index (κ2) is 11.7. The molecule has 0 atom stereocenters. The van der Waals surface area contributed by atoms with Crippen molar-refractivity contribution in [1.82, 2.24) is 19.7 Å². The molecule has 200 valence electrons. The first kappa shape index (κ1) is 25.8. The highest BCUT2D eigenvalue weighted by Gasteiger charge is 2.25. The molecule has 3 heterocycles. The molecule has 2 aromatic heterocycles. The van der Waals surface area contributed by atoms with Gasteiger partial charge in [0, 0.05) is 62.0 Å². The average molecular weight is 526 g/mol. The van der Waals surface area contributed by atoms with Gasteiger partial charge in [-0.3, -0.25) is 9.78 Å². The molecule has 1 aliphatic rings. The Morgan fingerprint density at radius 2 is 1.56 bits per heavy atom. The fourth-order valence-electron chi connectivity index (χ4n) is 4.73. The van der Waals surface area contributed by atoms with E-state index in [1.807, 2.05) is 76.5 Å². The van der Waals surface area contributed by atoms with Crippen molar-refractivity contribution in [3.63, 3.8) is 0 Å². The number of methoxy groups -OCH3 is 3. The van der Waals surface area contributed by atoms with Gasteiger partial charge >= 0.3 is 0 Å². The van der Waals surface area contributed by atoms with Crippen molar-refractivity contribution in [2.75, 3.05) is 52.4 Å². The quantitative estimate of drug-likeness (QED) is 0.317. The zero-order valence-corrected chi connectivity index (χ0v) is 22.3. The van der Waals surface area contributed by atoms with E-state index in [2.05, 4.69) is 9.88 Å². The summed E-state index contributed by atoms with van der Waals surface area (Å²) >= 11 is 0. The third-order valence-corrected chi connectivity index (χ3v) is 6.74. The second-order valence-electron chi connectivity index (χ2n) is 8.95. The molecule has 1 fully saturated rings. The number of anilines is 1. The van der Waals surface area contributed by atoms with Crippen LogP contribution >= 0.6 is 0 Å². The number of carbonyl (C=O) groups excluding carboxylic acids is 1. The molecule has 1 aliphatic heterocycles. The summed E-state index contributed by atoms with van der Waals surface area (Å²) in [5.74, 6) is 1.75. The molecule has 4 aromatic rings. The van der Waals surface area contributed by atoms with Crippen LogP contribution in [0.25, 0.3) is 23.0 Å². The summed E-state index contributed by atoms with van der Waals surface area (Å²) in [7, 11) is 4.81. The molecule has 0 spiro atoms. The Balaban J connectivity index is 1.32. The maximum absolute atomic E-state index is 13.2. The van der Waals surface area contributed by atoms with Gasteiger partial charge in [-0.25, -0.2) is 4.68 Å². The van der Waals surface area contributed by atoms with Crippen LogP contribution in [0.5, 0.6) is 17.2 Å². The minimum atomic E-state index is -0.0398. The van der Waals surface area contributed by atoms with Crippen molar-refractivity contribution >= 4 is 17.7 Å². The molecule has 2 aromatic carbocycles. The van der Waals surface area contributed by atoms with Crippen LogP contribution in [0.15, 0.2) is 79.3 Å². The van der Waals surface area contributed by atoms with E-state index in [-0.39, 0.29) is 5.91 Å². The number of hydrogen-bond donors (Lipinski definition) is 0. The summed E-state index contributed by atoms with van der Waals surface area (Å²) in [6.07, 6.45) is 8.89. The maximum Gasteiger partial charge on any atom is 0.246 e. The van der Waals surface area contributed by atoms with E-state index >= 15 is 0 Å². The summed E-state index contributed by atoms with van der Waals surface area (Å²) in [5.41, 5.74) is 4.43. The molecule has 0 unspecified atom stereocenters. The van der Waals surface area contributed by atoms with Gasteiger partial charge in [-0.1, -0.05) is 18.2 Å². The molecule has 0 aliphatic carbocycles. The Bertz CT molecular complexity index is 1450. The third kappa shape index (κ3) is 5.43. The third-order valence-electron chi connectivity index (χ3n) is 6.74. The van der Waals surface area contributed by atoms with Gasteiger partial charge in [-0.2, -0.15) is 5.10 Å². The minimum Gasteiger partial charge on any atom is -0.493 e. The molecule has 0 radical (unpaired) electrons. The van der Waals surface area contributed by atoms with Gasteiger partial charge in [0.25, 0.3) is 0 Å². The largest absolute Gasteiger partial charge is 0.493 e. The zero-order valence-electron chi connectivity index (χ0n) is 22.3. The number of pyridine rings is 1. The number of amides is 1. The summed E-state index contributed by atoms with van der Waals surface area (Å²) in [5, 5.41) is 4.80. The lowest BCUT2D eigenvalue weighted by molar-refractivity contribution is -0.126. The molecule has 5 rings (SSSR count). The number of ether oxygens (including phenoxy) is 3. The Morgan fingerprint density at radius 3 is 2.23 bits per heavy atom. The van der Waals surface area contributed by atoms with E-state index in [1.54, 1.807) is 39.8 Å². The van der Waals surface area contributed by atoms with E-state index in [4.69, 9.17) is 19.3 Å². The molecule has 9 nitrogen and oxygen atoms in total. The highest BCUT2D eigenvalue weighted by molar-refractivity contribution is 5.93. The number of benzene rings is 2. The normalized spacial score (nSPS) is 13.5. The monoisotopic (exact) mass is 525 g/mol. The number of hydrogen-bond acceptors (Lipinski definition) is 7. The molecule has 1 saturated heterocycles.